The Morgan fingerprint density at radius 1 is 1.22 bits per heavy atom. The van der Waals surface area contributed by atoms with Crippen molar-refractivity contribution in [1.29, 1.82) is 0 Å². The Kier molecular flexibility index (Phi) is 5.39. The maximum Gasteiger partial charge on any atom is 0.151 e. The van der Waals surface area contributed by atoms with E-state index in [4.69, 9.17) is 5.73 Å². The van der Waals surface area contributed by atoms with E-state index >= 15 is 0 Å². The second kappa shape index (κ2) is 7.31. The third-order valence-electron chi connectivity index (χ3n) is 3.72. The maximum absolute atomic E-state index is 5.65. The van der Waals surface area contributed by atoms with Gasteiger partial charge in [-0.3, -0.25) is 0 Å². The minimum atomic E-state index is 0.621. The highest BCUT2D eigenvalue weighted by molar-refractivity contribution is 5.37. The van der Waals surface area contributed by atoms with Crippen LogP contribution in [0.2, 0.25) is 0 Å². The average Bonchev–Trinajstić information content (AvgIpc) is 2.70. The number of nitrogens with two attached hydrogens (primary N) is 1. The number of hydrogen-bond donors (Lipinski definition) is 1. The summed E-state index contributed by atoms with van der Waals surface area (Å²) in [5.41, 5.74) is 5.65. The van der Waals surface area contributed by atoms with Gasteiger partial charge in [0, 0.05) is 18.8 Å². The van der Waals surface area contributed by atoms with E-state index in [1.807, 2.05) is 6.07 Å². The minimum Gasteiger partial charge on any atom is -0.352 e. The van der Waals surface area contributed by atoms with Gasteiger partial charge in [0.05, 0.1) is 0 Å². The van der Waals surface area contributed by atoms with Gasteiger partial charge in [-0.15, -0.1) is 5.10 Å². The van der Waals surface area contributed by atoms with E-state index < -0.39 is 0 Å². The van der Waals surface area contributed by atoms with Crippen molar-refractivity contribution in [2.45, 2.75) is 51.0 Å². The fourth-order valence-corrected chi connectivity index (χ4v) is 2.76. The molecule has 2 rings (SSSR count). The molecule has 1 fully saturated rings. The van der Waals surface area contributed by atoms with Crippen LogP contribution in [0.3, 0.4) is 0 Å². The molecule has 1 aromatic heterocycles. The van der Waals surface area contributed by atoms with E-state index in [-0.39, 0.29) is 0 Å². The van der Waals surface area contributed by atoms with Gasteiger partial charge < -0.3 is 10.6 Å². The molecule has 0 bridgehead atoms. The minimum absolute atomic E-state index is 0.621. The highest BCUT2D eigenvalue weighted by Gasteiger charge is 2.20. The Labute approximate surface area is 110 Å². The van der Waals surface area contributed by atoms with E-state index in [1.165, 1.54) is 38.5 Å². The molecule has 0 saturated heterocycles. The Hall–Kier alpha value is -1.16. The molecule has 0 radical (unpaired) electrons. The molecule has 0 aliphatic heterocycles. The Bertz CT molecular complexity index is 320. The lowest BCUT2D eigenvalue weighted by molar-refractivity contribution is 0.513. The molecule has 100 valence electrons. The fourth-order valence-electron chi connectivity index (χ4n) is 2.76. The average molecular weight is 248 g/mol. The van der Waals surface area contributed by atoms with Gasteiger partial charge in [-0.2, -0.15) is 5.10 Å². The van der Waals surface area contributed by atoms with Gasteiger partial charge in [-0.25, -0.2) is 0 Å². The first-order valence-electron chi connectivity index (χ1n) is 7.16. The zero-order valence-corrected chi connectivity index (χ0v) is 11.1. The van der Waals surface area contributed by atoms with Crippen LogP contribution < -0.4 is 10.6 Å². The smallest absolute Gasteiger partial charge is 0.151 e. The Morgan fingerprint density at radius 2 is 2.00 bits per heavy atom. The second-order valence-corrected chi connectivity index (χ2v) is 5.06. The molecule has 18 heavy (non-hydrogen) atoms. The van der Waals surface area contributed by atoms with E-state index in [2.05, 4.69) is 21.2 Å². The summed E-state index contributed by atoms with van der Waals surface area (Å²) in [5, 5.41) is 8.28. The van der Waals surface area contributed by atoms with Crippen molar-refractivity contribution in [2.75, 3.05) is 18.0 Å². The standard InChI is InChI=1S/C14H24N4/c15-10-6-12-18(14-9-5-11-16-17-14)13-7-3-1-2-4-8-13/h5,9,11,13H,1-4,6-8,10,12,15H2. The number of hydrogen-bond acceptors (Lipinski definition) is 4. The first-order chi connectivity index (χ1) is 8.92. The molecule has 0 amide bonds. The summed E-state index contributed by atoms with van der Waals surface area (Å²) in [5.74, 6) is 1.01. The quantitative estimate of drug-likeness (QED) is 0.813. The highest BCUT2D eigenvalue weighted by atomic mass is 15.3. The first-order valence-corrected chi connectivity index (χ1v) is 7.16. The van der Waals surface area contributed by atoms with Gasteiger partial charge in [0.15, 0.2) is 5.82 Å². The molecular weight excluding hydrogens is 224 g/mol. The predicted octanol–water partition coefficient (Wildman–Crippen LogP) is 2.35. The summed E-state index contributed by atoms with van der Waals surface area (Å²) >= 11 is 0. The topological polar surface area (TPSA) is 55.0 Å². The van der Waals surface area contributed by atoms with Crippen molar-refractivity contribution in [3.05, 3.63) is 18.3 Å². The molecule has 2 N–H and O–H groups in total. The summed E-state index contributed by atoms with van der Waals surface area (Å²) in [6.07, 6.45) is 10.7. The van der Waals surface area contributed by atoms with Crippen LogP contribution in [0.15, 0.2) is 18.3 Å². The van der Waals surface area contributed by atoms with Gasteiger partial charge in [0.25, 0.3) is 0 Å². The van der Waals surface area contributed by atoms with Crippen LogP contribution in [0.4, 0.5) is 5.82 Å². The van der Waals surface area contributed by atoms with Gasteiger partial charge in [-0.1, -0.05) is 25.7 Å². The molecule has 0 spiro atoms. The van der Waals surface area contributed by atoms with Crippen LogP contribution >= 0.6 is 0 Å². The number of anilines is 1. The largest absolute Gasteiger partial charge is 0.352 e. The van der Waals surface area contributed by atoms with Crippen molar-refractivity contribution in [3.8, 4) is 0 Å². The summed E-state index contributed by atoms with van der Waals surface area (Å²) in [6, 6.07) is 4.65. The third-order valence-corrected chi connectivity index (χ3v) is 3.72. The zero-order valence-electron chi connectivity index (χ0n) is 11.1. The van der Waals surface area contributed by atoms with Crippen molar-refractivity contribution in [3.63, 3.8) is 0 Å². The van der Waals surface area contributed by atoms with E-state index in [0.29, 0.717) is 6.04 Å². The molecule has 0 aromatic carbocycles. The molecule has 0 unspecified atom stereocenters. The summed E-state index contributed by atoms with van der Waals surface area (Å²) in [4.78, 5) is 2.42. The lowest BCUT2D eigenvalue weighted by atomic mass is 10.1. The van der Waals surface area contributed by atoms with Crippen LogP contribution in [0, 0.1) is 0 Å². The van der Waals surface area contributed by atoms with Crippen molar-refractivity contribution in [1.82, 2.24) is 10.2 Å². The van der Waals surface area contributed by atoms with Crippen molar-refractivity contribution < 1.29 is 0 Å². The van der Waals surface area contributed by atoms with Crippen LogP contribution in [0.1, 0.15) is 44.9 Å². The van der Waals surface area contributed by atoms with Crippen LogP contribution in [-0.2, 0) is 0 Å². The molecular formula is C14H24N4. The summed E-state index contributed by atoms with van der Waals surface area (Å²) < 4.78 is 0. The fraction of sp³-hybridized carbons (Fsp3) is 0.714. The number of nitrogens with zero attached hydrogens (tertiary/aromatic N) is 3. The molecule has 1 heterocycles. The van der Waals surface area contributed by atoms with Crippen LogP contribution in [0.5, 0.6) is 0 Å². The molecule has 1 aliphatic rings. The maximum atomic E-state index is 5.65. The molecule has 4 nitrogen and oxygen atoms in total. The Balaban J connectivity index is 2.08. The van der Waals surface area contributed by atoms with Gasteiger partial charge in [0.2, 0.25) is 0 Å². The van der Waals surface area contributed by atoms with Gasteiger partial charge in [-0.05, 0) is 37.9 Å². The SMILES string of the molecule is NCCCN(c1cccnn1)C1CCCCCC1. The number of rotatable bonds is 5. The van der Waals surface area contributed by atoms with Gasteiger partial charge >= 0.3 is 0 Å². The second-order valence-electron chi connectivity index (χ2n) is 5.06. The van der Waals surface area contributed by atoms with Crippen LogP contribution in [0.25, 0.3) is 0 Å². The monoisotopic (exact) mass is 248 g/mol. The lowest BCUT2D eigenvalue weighted by Crippen LogP contribution is -2.37. The predicted molar refractivity (Wildman–Crippen MR) is 74.5 cm³/mol. The molecule has 1 aromatic rings. The molecule has 0 atom stereocenters. The zero-order chi connectivity index (χ0) is 12.6. The lowest BCUT2D eigenvalue weighted by Gasteiger charge is -2.31. The van der Waals surface area contributed by atoms with E-state index in [0.717, 1.165) is 25.3 Å². The Morgan fingerprint density at radius 3 is 2.61 bits per heavy atom. The summed E-state index contributed by atoms with van der Waals surface area (Å²) in [6.45, 7) is 1.74. The van der Waals surface area contributed by atoms with E-state index in [9.17, 15) is 0 Å². The van der Waals surface area contributed by atoms with Crippen LogP contribution in [-0.4, -0.2) is 29.3 Å². The van der Waals surface area contributed by atoms with E-state index in [1.54, 1.807) is 6.20 Å². The highest BCUT2D eigenvalue weighted by Crippen LogP contribution is 2.25. The molecule has 4 heteroatoms. The number of aromatic nitrogens is 2. The molecule has 1 aliphatic carbocycles. The summed E-state index contributed by atoms with van der Waals surface area (Å²) in [7, 11) is 0. The normalized spacial score (nSPS) is 17.4. The van der Waals surface area contributed by atoms with Crippen molar-refractivity contribution in [2.24, 2.45) is 5.73 Å². The molecule has 1 saturated carbocycles. The van der Waals surface area contributed by atoms with Crippen molar-refractivity contribution >= 4 is 5.82 Å². The third kappa shape index (κ3) is 3.67. The van der Waals surface area contributed by atoms with Gasteiger partial charge in [0.1, 0.15) is 0 Å². The first kappa shape index (κ1) is 13.3.